The SMILES string of the molecule is CCCCC1C(CCOC)=CC=CC1(C(=O)O)C(C)C. The number of allylic oxidation sites excluding steroid dienone is 2. The van der Waals surface area contributed by atoms with Crippen LogP contribution < -0.4 is 0 Å². The number of hydrogen-bond donors (Lipinski definition) is 1. The van der Waals surface area contributed by atoms with Crippen LogP contribution in [0.25, 0.3) is 0 Å². The average Bonchev–Trinajstić information content (AvgIpc) is 2.42. The minimum atomic E-state index is -0.771. The molecule has 0 bridgehead atoms. The van der Waals surface area contributed by atoms with E-state index in [1.165, 1.54) is 5.57 Å². The Morgan fingerprint density at radius 1 is 1.50 bits per heavy atom. The Labute approximate surface area is 122 Å². The van der Waals surface area contributed by atoms with Crippen LogP contribution in [0.3, 0.4) is 0 Å². The summed E-state index contributed by atoms with van der Waals surface area (Å²) in [6, 6.07) is 0. The fraction of sp³-hybridized carbons (Fsp3) is 0.706. The highest BCUT2D eigenvalue weighted by molar-refractivity contribution is 5.79. The third-order valence-corrected chi connectivity index (χ3v) is 4.47. The minimum Gasteiger partial charge on any atom is -0.481 e. The first kappa shape index (κ1) is 17.0. The van der Waals surface area contributed by atoms with Crippen molar-refractivity contribution in [3.63, 3.8) is 0 Å². The van der Waals surface area contributed by atoms with E-state index < -0.39 is 11.4 Å². The number of ether oxygens (including phenoxy) is 1. The van der Waals surface area contributed by atoms with Gasteiger partial charge in [0.1, 0.15) is 0 Å². The van der Waals surface area contributed by atoms with E-state index in [0.717, 1.165) is 25.7 Å². The summed E-state index contributed by atoms with van der Waals surface area (Å²) in [7, 11) is 1.69. The molecule has 0 saturated heterocycles. The molecule has 2 unspecified atom stereocenters. The fourth-order valence-corrected chi connectivity index (χ4v) is 3.24. The van der Waals surface area contributed by atoms with Gasteiger partial charge in [0.05, 0.1) is 5.41 Å². The van der Waals surface area contributed by atoms with Gasteiger partial charge in [0.25, 0.3) is 0 Å². The fourth-order valence-electron chi connectivity index (χ4n) is 3.24. The molecule has 1 aliphatic carbocycles. The van der Waals surface area contributed by atoms with Crippen molar-refractivity contribution < 1.29 is 14.6 Å². The minimum absolute atomic E-state index is 0.0735. The molecule has 1 aliphatic rings. The number of unbranched alkanes of at least 4 members (excludes halogenated alkanes) is 1. The van der Waals surface area contributed by atoms with Gasteiger partial charge in [-0.1, -0.05) is 57.4 Å². The molecule has 0 heterocycles. The molecule has 1 N–H and O–H groups in total. The predicted octanol–water partition coefficient (Wildman–Crippen LogP) is 4.05. The summed E-state index contributed by atoms with van der Waals surface area (Å²) >= 11 is 0. The molecule has 114 valence electrons. The van der Waals surface area contributed by atoms with Crippen molar-refractivity contribution in [3.05, 3.63) is 23.8 Å². The number of rotatable bonds is 8. The van der Waals surface area contributed by atoms with Crippen molar-refractivity contribution in [1.82, 2.24) is 0 Å². The van der Waals surface area contributed by atoms with E-state index in [2.05, 4.69) is 13.0 Å². The maximum absolute atomic E-state index is 12.0. The summed E-state index contributed by atoms with van der Waals surface area (Å²) in [4.78, 5) is 12.0. The Hall–Kier alpha value is -1.09. The highest BCUT2D eigenvalue weighted by Gasteiger charge is 2.48. The molecule has 20 heavy (non-hydrogen) atoms. The molecule has 2 atom stereocenters. The summed E-state index contributed by atoms with van der Waals surface area (Å²) in [5.74, 6) is -0.544. The molecule has 0 radical (unpaired) electrons. The normalized spacial score (nSPS) is 25.9. The van der Waals surface area contributed by atoms with Crippen LogP contribution in [0.5, 0.6) is 0 Å². The molecule has 0 aromatic rings. The summed E-state index contributed by atoms with van der Waals surface area (Å²) in [5.41, 5.74) is 0.450. The van der Waals surface area contributed by atoms with Gasteiger partial charge in [-0.3, -0.25) is 4.79 Å². The van der Waals surface area contributed by atoms with E-state index >= 15 is 0 Å². The molecule has 0 amide bonds. The Morgan fingerprint density at radius 2 is 2.20 bits per heavy atom. The van der Waals surface area contributed by atoms with Crippen molar-refractivity contribution in [2.24, 2.45) is 17.3 Å². The quantitative estimate of drug-likeness (QED) is 0.729. The van der Waals surface area contributed by atoms with Crippen LogP contribution in [0.1, 0.15) is 46.5 Å². The molecular formula is C17H28O3. The Balaban J connectivity index is 3.11. The summed E-state index contributed by atoms with van der Waals surface area (Å²) in [6.45, 7) is 6.82. The van der Waals surface area contributed by atoms with Gasteiger partial charge in [0, 0.05) is 19.6 Å². The topological polar surface area (TPSA) is 46.5 Å². The molecule has 0 aromatic carbocycles. The first-order valence-corrected chi connectivity index (χ1v) is 7.61. The van der Waals surface area contributed by atoms with Crippen molar-refractivity contribution in [3.8, 4) is 0 Å². The van der Waals surface area contributed by atoms with Crippen LogP contribution in [0.2, 0.25) is 0 Å². The lowest BCUT2D eigenvalue weighted by Gasteiger charge is -2.41. The lowest BCUT2D eigenvalue weighted by molar-refractivity contribution is -0.151. The number of hydrogen-bond acceptors (Lipinski definition) is 2. The second kappa shape index (κ2) is 7.63. The van der Waals surface area contributed by atoms with E-state index in [-0.39, 0.29) is 11.8 Å². The van der Waals surface area contributed by atoms with Crippen LogP contribution in [0.4, 0.5) is 0 Å². The van der Waals surface area contributed by atoms with Crippen LogP contribution in [0.15, 0.2) is 23.8 Å². The van der Waals surface area contributed by atoms with Gasteiger partial charge in [-0.05, 0) is 18.8 Å². The van der Waals surface area contributed by atoms with E-state index in [0.29, 0.717) is 6.61 Å². The predicted molar refractivity (Wildman–Crippen MR) is 81.6 cm³/mol. The van der Waals surface area contributed by atoms with E-state index in [1.807, 2.05) is 26.0 Å². The van der Waals surface area contributed by atoms with Crippen molar-refractivity contribution >= 4 is 5.97 Å². The maximum atomic E-state index is 12.0. The highest BCUT2D eigenvalue weighted by Crippen LogP contribution is 2.47. The number of carbonyl (C=O) groups is 1. The first-order chi connectivity index (χ1) is 9.50. The molecule has 0 saturated carbocycles. The third-order valence-electron chi connectivity index (χ3n) is 4.47. The van der Waals surface area contributed by atoms with Gasteiger partial charge >= 0.3 is 5.97 Å². The second-order valence-electron chi connectivity index (χ2n) is 5.93. The van der Waals surface area contributed by atoms with Gasteiger partial charge in [-0.2, -0.15) is 0 Å². The molecule has 0 fully saturated rings. The Kier molecular flexibility index (Phi) is 6.47. The number of methoxy groups -OCH3 is 1. The molecule has 3 nitrogen and oxygen atoms in total. The van der Waals surface area contributed by atoms with Crippen LogP contribution >= 0.6 is 0 Å². The third kappa shape index (κ3) is 3.32. The van der Waals surface area contributed by atoms with Gasteiger partial charge < -0.3 is 9.84 Å². The lowest BCUT2D eigenvalue weighted by atomic mass is 9.61. The number of aliphatic carboxylic acids is 1. The smallest absolute Gasteiger partial charge is 0.314 e. The Bertz CT molecular complexity index is 382. The zero-order valence-corrected chi connectivity index (χ0v) is 13.2. The highest BCUT2D eigenvalue weighted by atomic mass is 16.5. The largest absolute Gasteiger partial charge is 0.481 e. The molecule has 0 spiro atoms. The monoisotopic (exact) mass is 280 g/mol. The van der Waals surface area contributed by atoms with Crippen LogP contribution in [0, 0.1) is 17.3 Å². The van der Waals surface area contributed by atoms with Crippen molar-refractivity contribution in [2.75, 3.05) is 13.7 Å². The summed E-state index contributed by atoms with van der Waals surface area (Å²) in [5, 5.41) is 9.86. The van der Waals surface area contributed by atoms with Crippen molar-refractivity contribution in [1.29, 1.82) is 0 Å². The van der Waals surface area contributed by atoms with Gasteiger partial charge in [-0.25, -0.2) is 0 Å². The van der Waals surface area contributed by atoms with Crippen LogP contribution in [-0.2, 0) is 9.53 Å². The summed E-state index contributed by atoms with van der Waals surface area (Å²) < 4.78 is 5.17. The molecule has 0 aliphatic heterocycles. The first-order valence-electron chi connectivity index (χ1n) is 7.61. The number of carboxylic acid groups (broad SMARTS) is 1. The average molecular weight is 280 g/mol. The van der Waals surface area contributed by atoms with Crippen LogP contribution in [-0.4, -0.2) is 24.8 Å². The van der Waals surface area contributed by atoms with Gasteiger partial charge in [0.2, 0.25) is 0 Å². The van der Waals surface area contributed by atoms with E-state index in [4.69, 9.17) is 4.74 Å². The number of carboxylic acids is 1. The van der Waals surface area contributed by atoms with Gasteiger partial charge in [-0.15, -0.1) is 0 Å². The zero-order chi connectivity index (χ0) is 15.2. The van der Waals surface area contributed by atoms with Gasteiger partial charge in [0.15, 0.2) is 0 Å². The van der Waals surface area contributed by atoms with Crippen molar-refractivity contribution in [2.45, 2.75) is 46.5 Å². The maximum Gasteiger partial charge on any atom is 0.314 e. The molecule has 3 heteroatoms. The van der Waals surface area contributed by atoms with E-state index in [9.17, 15) is 9.90 Å². The molecular weight excluding hydrogens is 252 g/mol. The summed E-state index contributed by atoms with van der Waals surface area (Å²) in [6.07, 6.45) is 9.80. The lowest BCUT2D eigenvalue weighted by Crippen LogP contribution is -2.43. The van der Waals surface area contributed by atoms with E-state index in [1.54, 1.807) is 7.11 Å². The standard InChI is InChI=1S/C17H28O3/c1-5-6-9-15-14(10-12-20-4)8-7-11-17(15,13(2)3)16(18)19/h7-8,11,13,15H,5-6,9-10,12H2,1-4H3,(H,18,19). The molecule has 0 aromatic heterocycles. The Morgan fingerprint density at radius 3 is 2.70 bits per heavy atom. The zero-order valence-electron chi connectivity index (χ0n) is 13.2. The molecule has 1 rings (SSSR count). The second-order valence-corrected chi connectivity index (χ2v) is 5.93.